The van der Waals surface area contributed by atoms with Gasteiger partial charge in [0.25, 0.3) is 0 Å². The fraction of sp³-hybridized carbons (Fsp3) is 0.857. The van der Waals surface area contributed by atoms with Gasteiger partial charge in [0.1, 0.15) is 0 Å². The molecule has 2 rings (SSSR count). The van der Waals surface area contributed by atoms with E-state index in [0.29, 0.717) is 5.41 Å². The molecule has 96 valence electrons. The van der Waals surface area contributed by atoms with Gasteiger partial charge in [-0.15, -0.1) is 0 Å². The summed E-state index contributed by atoms with van der Waals surface area (Å²) >= 11 is 0. The molecule has 0 spiro atoms. The Morgan fingerprint density at radius 2 is 1.35 bits per heavy atom. The molecule has 0 atom stereocenters. The standard InChI is InChI=1S/C14H25BO2/c1-12(2)13(3,4)17-15(16-12)11-10-14(5)8-6-7-9-14/h10-11H,6-9H2,1-5H3/b11-10+. The zero-order valence-corrected chi connectivity index (χ0v) is 11.9. The van der Waals surface area contributed by atoms with Crippen LogP contribution in [0.1, 0.15) is 60.3 Å². The van der Waals surface area contributed by atoms with Crippen molar-refractivity contribution >= 4 is 7.12 Å². The minimum absolute atomic E-state index is 0.183. The van der Waals surface area contributed by atoms with Crippen molar-refractivity contribution < 1.29 is 9.31 Å². The Hall–Kier alpha value is -0.275. The van der Waals surface area contributed by atoms with Crippen LogP contribution in [0.4, 0.5) is 0 Å². The van der Waals surface area contributed by atoms with Gasteiger partial charge < -0.3 is 9.31 Å². The van der Waals surface area contributed by atoms with Gasteiger partial charge in [-0.1, -0.05) is 31.8 Å². The van der Waals surface area contributed by atoms with Crippen LogP contribution >= 0.6 is 0 Å². The smallest absolute Gasteiger partial charge is 0.400 e. The highest BCUT2D eigenvalue weighted by molar-refractivity contribution is 6.51. The van der Waals surface area contributed by atoms with Crippen LogP contribution < -0.4 is 0 Å². The Kier molecular flexibility index (Phi) is 3.20. The second-order valence-electron chi connectivity index (χ2n) is 6.84. The van der Waals surface area contributed by atoms with Crippen LogP contribution in [-0.2, 0) is 9.31 Å². The van der Waals surface area contributed by atoms with Gasteiger partial charge in [0.15, 0.2) is 0 Å². The van der Waals surface area contributed by atoms with Crippen molar-refractivity contribution in [3.8, 4) is 0 Å². The molecule has 0 aromatic carbocycles. The van der Waals surface area contributed by atoms with E-state index in [0.717, 1.165) is 0 Å². The maximum Gasteiger partial charge on any atom is 0.486 e. The molecule has 0 N–H and O–H groups in total. The normalized spacial score (nSPS) is 30.3. The summed E-state index contributed by atoms with van der Waals surface area (Å²) in [4.78, 5) is 0. The molecule has 2 nitrogen and oxygen atoms in total. The molecular formula is C14H25BO2. The maximum absolute atomic E-state index is 5.96. The summed E-state index contributed by atoms with van der Waals surface area (Å²) in [7, 11) is -0.183. The molecule has 0 bridgehead atoms. The number of hydrogen-bond donors (Lipinski definition) is 0. The van der Waals surface area contributed by atoms with E-state index in [1.54, 1.807) is 0 Å². The molecule has 3 heteroatoms. The van der Waals surface area contributed by atoms with E-state index in [9.17, 15) is 0 Å². The van der Waals surface area contributed by atoms with Gasteiger partial charge in [-0.05, 0) is 46.0 Å². The van der Waals surface area contributed by atoms with E-state index in [1.165, 1.54) is 25.7 Å². The van der Waals surface area contributed by atoms with E-state index in [-0.39, 0.29) is 18.3 Å². The van der Waals surface area contributed by atoms with Crippen molar-refractivity contribution in [2.24, 2.45) is 5.41 Å². The Morgan fingerprint density at radius 1 is 0.882 bits per heavy atom. The van der Waals surface area contributed by atoms with E-state index >= 15 is 0 Å². The van der Waals surface area contributed by atoms with Gasteiger partial charge in [0.2, 0.25) is 0 Å². The third-order valence-electron chi connectivity index (χ3n) is 4.67. The molecular weight excluding hydrogens is 211 g/mol. The Balaban J connectivity index is 2.00. The molecule has 1 aliphatic heterocycles. The van der Waals surface area contributed by atoms with Crippen LogP contribution in [0.25, 0.3) is 0 Å². The molecule has 2 fully saturated rings. The fourth-order valence-corrected chi connectivity index (χ4v) is 2.63. The first kappa shape index (κ1) is 13.2. The van der Waals surface area contributed by atoms with E-state index < -0.39 is 0 Å². The molecule has 1 aliphatic carbocycles. The van der Waals surface area contributed by atoms with Crippen molar-refractivity contribution in [1.82, 2.24) is 0 Å². The molecule has 1 saturated carbocycles. The largest absolute Gasteiger partial charge is 0.486 e. The highest BCUT2D eigenvalue weighted by Gasteiger charge is 2.50. The van der Waals surface area contributed by atoms with Crippen LogP contribution in [-0.4, -0.2) is 18.3 Å². The summed E-state index contributed by atoms with van der Waals surface area (Å²) in [5.41, 5.74) is -0.0826. The van der Waals surface area contributed by atoms with Crippen molar-refractivity contribution in [3.63, 3.8) is 0 Å². The number of rotatable bonds is 2. The first-order chi connectivity index (χ1) is 7.74. The minimum atomic E-state index is -0.224. The topological polar surface area (TPSA) is 18.5 Å². The average molecular weight is 236 g/mol. The lowest BCUT2D eigenvalue weighted by molar-refractivity contribution is 0.00578. The monoisotopic (exact) mass is 236 g/mol. The minimum Gasteiger partial charge on any atom is -0.400 e. The Labute approximate surface area is 106 Å². The summed E-state index contributed by atoms with van der Waals surface area (Å²) < 4.78 is 11.9. The highest BCUT2D eigenvalue weighted by Crippen LogP contribution is 2.40. The van der Waals surface area contributed by atoms with Crippen LogP contribution in [0.2, 0.25) is 0 Å². The van der Waals surface area contributed by atoms with Gasteiger partial charge in [-0.3, -0.25) is 0 Å². The third-order valence-corrected chi connectivity index (χ3v) is 4.67. The SMILES string of the molecule is CC1(/C=C/B2OC(C)(C)C(C)(C)O2)CCCC1. The van der Waals surface area contributed by atoms with Gasteiger partial charge in [0.05, 0.1) is 11.2 Å². The maximum atomic E-state index is 5.96. The number of hydrogen-bond acceptors (Lipinski definition) is 2. The molecule has 1 saturated heterocycles. The summed E-state index contributed by atoms with van der Waals surface area (Å²) in [6.07, 6.45) is 7.60. The number of allylic oxidation sites excluding steroid dienone is 1. The third kappa shape index (κ3) is 2.60. The van der Waals surface area contributed by atoms with Crippen LogP contribution in [0.3, 0.4) is 0 Å². The molecule has 0 radical (unpaired) electrons. The summed E-state index contributed by atoms with van der Waals surface area (Å²) in [5, 5.41) is 0. The lowest BCUT2D eigenvalue weighted by Crippen LogP contribution is -2.41. The molecule has 0 unspecified atom stereocenters. The van der Waals surface area contributed by atoms with Crippen LogP contribution in [0, 0.1) is 5.41 Å². The van der Waals surface area contributed by atoms with Gasteiger partial charge in [0, 0.05) is 0 Å². The van der Waals surface area contributed by atoms with Crippen LogP contribution in [0.15, 0.2) is 12.1 Å². The molecule has 17 heavy (non-hydrogen) atoms. The lowest BCUT2D eigenvalue weighted by Gasteiger charge is -2.32. The first-order valence-corrected chi connectivity index (χ1v) is 6.79. The van der Waals surface area contributed by atoms with E-state index in [1.807, 2.05) is 0 Å². The summed E-state index contributed by atoms with van der Waals surface area (Å²) in [6.45, 7) is 10.7. The van der Waals surface area contributed by atoms with Gasteiger partial charge in [-0.25, -0.2) is 0 Å². The molecule has 2 aliphatic rings. The fourth-order valence-electron chi connectivity index (χ4n) is 2.63. The molecule has 1 heterocycles. The van der Waals surface area contributed by atoms with Crippen molar-refractivity contribution in [2.75, 3.05) is 0 Å². The van der Waals surface area contributed by atoms with E-state index in [2.05, 4.69) is 46.7 Å². The Bertz CT molecular complexity index is 298. The predicted octanol–water partition coefficient (Wildman–Crippen LogP) is 3.75. The second-order valence-corrected chi connectivity index (χ2v) is 6.84. The quantitative estimate of drug-likeness (QED) is 0.679. The summed E-state index contributed by atoms with van der Waals surface area (Å²) in [6, 6.07) is 0. The molecule has 0 aromatic rings. The molecule has 0 aromatic heterocycles. The van der Waals surface area contributed by atoms with Crippen molar-refractivity contribution in [3.05, 3.63) is 12.1 Å². The first-order valence-electron chi connectivity index (χ1n) is 6.79. The zero-order valence-electron chi connectivity index (χ0n) is 11.9. The summed E-state index contributed by atoms with van der Waals surface area (Å²) in [5.74, 6) is 2.11. The van der Waals surface area contributed by atoms with Crippen molar-refractivity contribution in [1.29, 1.82) is 0 Å². The van der Waals surface area contributed by atoms with Gasteiger partial charge >= 0.3 is 7.12 Å². The molecule has 0 amide bonds. The van der Waals surface area contributed by atoms with Crippen LogP contribution in [0.5, 0.6) is 0 Å². The van der Waals surface area contributed by atoms with Crippen molar-refractivity contribution in [2.45, 2.75) is 71.5 Å². The lowest BCUT2D eigenvalue weighted by atomic mass is 9.81. The Morgan fingerprint density at radius 3 is 1.82 bits per heavy atom. The highest BCUT2D eigenvalue weighted by atomic mass is 16.7. The van der Waals surface area contributed by atoms with Gasteiger partial charge in [-0.2, -0.15) is 0 Å². The zero-order chi connectivity index (χ0) is 12.7. The predicted molar refractivity (Wildman–Crippen MR) is 71.8 cm³/mol. The second kappa shape index (κ2) is 4.13. The van der Waals surface area contributed by atoms with E-state index in [4.69, 9.17) is 9.31 Å². The average Bonchev–Trinajstić information content (AvgIpc) is 2.68.